The molecule has 0 saturated heterocycles. The first kappa shape index (κ1) is 21.8. The van der Waals surface area contributed by atoms with Crippen LogP contribution in [-0.2, 0) is 6.42 Å². The van der Waals surface area contributed by atoms with Crippen molar-refractivity contribution >= 4 is 17.1 Å². The molecule has 0 aliphatic heterocycles. The van der Waals surface area contributed by atoms with Crippen LogP contribution in [0.25, 0.3) is 33.0 Å². The predicted octanol–water partition coefficient (Wildman–Crippen LogP) is 8.14. The molecule has 0 atom stereocenters. The van der Waals surface area contributed by atoms with Gasteiger partial charge in [0.25, 0.3) is 0 Å². The lowest BCUT2D eigenvalue weighted by Crippen LogP contribution is -1.94. The normalized spacial score (nSPS) is 11.1. The fourth-order valence-electron chi connectivity index (χ4n) is 4.10. The fourth-order valence-corrected chi connectivity index (χ4v) is 4.10. The van der Waals surface area contributed by atoms with Crippen molar-refractivity contribution in [3.05, 3.63) is 95.3 Å². The Morgan fingerprint density at radius 1 is 0.719 bits per heavy atom. The molecule has 0 radical (unpaired) electrons. The Balaban J connectivity index is 1.72. The summed E-state index contributed by atoms with van der Waals surface area (Å²) in [7, 11) is 0. The van der Waals surface area contributed by atoms with Gasteiger partial charge in [-0.2, -0.15) is 0 Å². The van der Waals surface area contributed by atoms with Gasteiger partial charge in [0.15, 0.2) is 17.9 Å². The molecule has 0 heterocycles. The smallest absolute Gasteiger partial charge is 0.159 e. The SMILES string of the molecule is CCCCCc1ccc2c(C=O)c(-c3ccc(-c4ccc(F)c(F)c4)c(F)c3)ccc2c1. The third-order valence-electron chi connectivity index (χ3n) is 5.82. The minimum atomic E-state index is -1.03. The minimum absolute atomic E-state index is 0.165. The summed E-state index contributed by atoms with van der Waals surface area (Å²) in [6.07, 6.45) is 5.28. The van der Waals surface area contributed by atoms with Crippen LogP contribution >= 0.6 is 0 Å². The summed E-state index contributed by atoms with van der Waals surface area (Å²) in [4.78, 5) is 12.0. The summed E-state index contributed by atoms with van der Waals surface area (Å²) in [6, 6.07) is 17.7. The molecule has 0 spiro atoms. The number of rotatable bonds is 7. The molecule has 4 aromatic rings. The molecule has 162 valence electrons. The van der Waals surface area contributed by atoms with E-state index in [4.69, 9.17) is 0 Å². The number of aryl methyl sites for hydroxylation is 1. The zero-order valence-corrected chi connectivity index (χ0v) is 17.8. The Morgan fingerprint density at radius 3 is 2.16 bits per heavy atom. The molecule has 0 fully saturated rings. The van der Waals surface area contributed by atoms with Gasteiger partial charge in [0.05, 0.1) is 0 Å². The van der Waals surface area contributed by atoms with E-state index in [9.17, 15) is 18.0 Å². The monoisotopic (exact) mass is 432 g/mol. The number of benzene rings is 4. The number of halogens is 3. The highest BCUT2D eigenvalue weighted by molar-refractivity contribution is 6.04. The van der Waals surface area contributed by atoms with Gasteiger partial charge in [-0.15, -0.1) is 0 Å². The molecule has 4 heteroatoms. The van der Waals surface area contributed by atoms with Crippen molar-refractivity contribution in [2.24, 2.45) is 0 Å². The first-order chi connectivity index (χ1) is 15.5. The average molecular weight is 432 g/mol. The van der Waals surface area contributed by atoms with Crippen LogP contribution < -0.4 is 0 Å². The van der Waals surface area contributed by atoms with Gasteiger partial charge in [0.1, 0.15) is 5.82 Å². The van der Waals surface area contributed by atoms with E-state index in [-0.39, 0.29) is 11.1 Å². The summed E-state index contributed by atoms with van der Waals surface area (Å²) in [5.74, 6) is -2.58. The van der Waals surface area contributed by atoms with Crippen molar-refractivity contribution in [2.45, 2.75) is 32.6 Å². The quantitative estimate of drug-likeness (QED) is 0.213. The second-order valence-corrected chi connectivity index (χ2v) is 7.98. The van der Waals surface area contributed by atoms with Crippen molar-refractivity contribution in [2.75, 3.05) is 0 Å². The first-order valence-electron chi connectivity index (χ1n) is 10.8. The van der Waals surface area contributed by atoms with Gasteiger partial charge in [0, 0.05) is 11.1 Å². The van der Waals surface area contributed by atoms with E-state index in [0.717, 1.165) is 48.5 Å². The van der Waals surface area contributed by atoms with Crippen molar-refractivity contribution in [1.82, 2.24) is 0 Å². The molecule has 0 unspecified atom stereocenters. The summed E-state index contributed by atoms with van der Waals surface area (Å²) < 4.78 is 41.7. The average Bonchev–Trinajstić information content (AvgIpc) is 2.80. The van der Waals surface area contributed by atoms with Crippen molar-refractivity contribution in [1.29, 1.82) is 0 Å². The van der Waals surface area contributed by atoms with Crippen LogP contribution in [0.5, 0.6) is 0 Å². The molecule has 0 amide bonds. The van der Waals surface area contributed by atoms with Crippen LogP contribution in [0.2, 0.25) is 0 Å². The molecule has 0 aliphatic rings. The Labute approximate surface area is 185 Å². The predicted molar refractivity (Wildman–Crippen MR) is 123 cm³/mol. The molecular formula is C28H23F3O. The van der Waals surface area contributed by atoms with E-state index in [0.29, 0.717) is 16.7 Å². The highest BCUT2D eigenvalue weighted by atomic mass is 19.2. The number of aldehydes is 1. The van der Waals surface area contributed by atoms with E-state index in [1.54, 1.807) is 6.07 Å². The van der Waals surface area contributed by atoms with Crippen molar-refractivity contribution in [3.63, 3.8) is 0 Å². The second-order valence-electron chi connectivity index (χ2n) is 7.98. The van der Waals surface area contributed by atoms with E-state index >= 15 is 0 Å². The molecule has 0 N–H and O–H groups in total. The van der Waals surface area contributed by atoms with Crippen LogP contribution in [0.3, 0.4) is 0 Å². The lowest BCUT2D eigenvalue weighted by atomic mass is 9.92. The number of unbranched alkanes of at least 4 members (excludes halogenated alkanes) is 2. The van der Waals surface area contributed by atoms with Crippen LogP contribution in [0.1, 0.15) is 42.1 Å². The second kappa shape index (κ2) is 9.39. The van der Waals surface area contributed by atoms with E-state index < -0.39 is 17.5 Å². The molecule has 0 aromatic heterocycles. The lowest BCUT2D eigenvalue weighted by Gasteiger charge is -2.12. The van der Waals surface area contributed by atoms with Gasteiger partial charge in [-0.25, -0.2) is 13.2 Å². The Bertz CT molecular complexity index is 1290. The zero-order valence-electron chi connectivity index (χ0n) is 17.8. The maximum Gasteiger partial charge on any atom is 0.159 e. The topological polar surface area (TPSA) is 17.1 Å². The number of hydrogen-bond donors (Lipinski definition) is 0. The summed E-state index contributed by atoms with van der Waals surface area (Å²) in [6.45, 7) is 2.17. The Kier molecular flexibility index (Phi) is 6.40. The van der Waals surface area contributed by atoms with Gasteiger partial charge in [-0.3, -0.25) is 4.79 Å². The molecule has 0 saturated carbocycles. The fraction of sp³-hybridized carbons (Fsp3) is 0.179. The van der Waals surface area contributed by atoms with Gasteiger partial charge < -0.3 is 0 Å². The molecule has 4 rings (SSSR count). The number of fused-ring (bicyclic) bond motifs is 1. The van der Waals surface area contributed by atoms with Crippen LogP contribution in [0.15, 0.2) is 66.7 Å². The summed E-state index contributed by atoms with van der Waals surface area (Å²) in [5.41, 5.74) is 3.32. The standard InChI is InChI=1S/C28H23F3O/c1-2-3-4-5-18-6-10-22-19(14-18)7-11-23(25(22)17-32)20-8-12-24(27(30)15-20)21-9-13-26(29)28(31)16-21/h6-17H,2-5H2,1H3. The number of carbonyl (C=O) groups excluding carboxylic acids is 1. The van der Waals surface area contributed by atoms with Crippen molar-refractivity contribution < 1.29 is 18.0 Å². The molecule has 4 aromatic carbocycles. The minimum Gasteiger partial charge on any atom is -0.298 e. The highest BCUT2D eigenvalue weighted by Gasteiger charge is 2.14. The summed E-state index contributed by atoms with van der Waals surface area (Å²) >= 11 is 0. The van der Waals surface area contributed by atoms with E-state index in [1.165, 1.54) is 30.2 Å². The van der Waals surface area contributed by atoms with Crippen LogP contribution in [-0.4, -0.2) is 6.29 Å². The van der Waals surface area contributed by atoms with Crippen LogP contribution in [0, 0.1) is 17.5 Å². The third kappa shape index (κ3) is 4.31. The molecule has 1 nitrogen and oxygen atoms in total. The summed E-state index contributed by atoms with van der Waals surface area (Å²) in [5, 5.41) is 1.80. The highest BCUT2D eigenvalue weighted by Crippen LogP contribution is 2.33. The van der Waals surface area contributed by atoms with E-state index in [1.807, 2.05) is 24.3 Å². The maximum absolute atomic E-state index is 14.9. The number of carbonyl (C=O) groups is 1. The van der Waals surface area contributed by atoms with Gasteiger partial charge in [0.2, 0.25) is 0 Å². The Morgan fingerprint density at radius 2 is 1.44 bits per heavy atom. The molecule has 0 aliphatic carbocycles. The maximum atomic E-state index is 14.9. The molecule has 0 bridgehead atoms. The van der Waals surface area contributed by atoms with Gasteiger partial charge in [-0.1, -0.05) is 68.3 Å². The number of hydrogen-bond acceptors (Lipinski definition) is 1. The Hall–Kier alpha value is -3.40. The lowest BCUT2D eigenvalue weighted by molar-refractivity contribution is 0.112. The van der Waals surface area contributed by atoms with Crippen LogP contribution in [0.4, 0.5) is 13.2 Å². The van der Waals surface area contributed by atoms with E-state index in [2.05, 4.69) is 13.0 Å². The first-order valence-corrected chi connectivity index (χ1v) is 10.8. The molecule has 32 heavy (non-hydrogen) atoms. The van der Waals surface area contributed by atoms with Crippen molar-refractivity contribution in [3.8, 4) is 22.3 Å². The third-order valence-corrected chi connectivity index (χ3v) is 5.82. The molecular weight excluding hydrogens is 409 g/mol. The van der Waals surface area contributed by atoms with Gasteiger partial charge in [-0.05, 0) is 64.1 Å². The largest absolute Gasteiger partial charge is 0.298 e. The van der Waals surface area contributed by atoms with Gasteiger partial charge >= 0.3 is 0 Å². The zero-order chi connectivity index (χ0) is 22.7.